The minimum Gasteiger partial charge on any atom is -0.347 e. The van der Waals surface area contributed by atoms with Gasteiger partial charge in [0.15, 0.2) is 0 Å². The van der Waals surface area contributed by atoms with E-state index in [0.717, 1.165) is 13.1 Å². The van der Waals surface area contributed by atoms with Crippen LogP contribution in [-0.2, 0) is 22.9 Å². The maximum atomic E-state index is 11.3. The lowest BCUT2D eigenvalue weighted by molar-refractivity contribution is 0.593. The number of nitrogens with one attached hydrogen (secondary N) is 1. The number of aryl methyl sites for hydroxylation is 1. The SMILES string of the molecule is CS(=O)(=O)CCCn1cc(CNC2CC2)c2ccccc21. The molecule has 3 rings (SSSR count). The van der Waals surface area contributed by atoms with Gasteiger partial charge in [0.2, 0.25) is 0 Å². The van der Waals surface area contributed by atoms with E-state index in [2.05, 4.69) is 34.3 Å². The number of para-hydroxylation sites is 1. The Balaban J connectivity index is 1.77. The van der Waals surface area contributed by atoms with Gasteiger partial charge in [-0.3, -0.25) is 0 Å². The molecule has 0 radical (unpaired) electrons. The summed E-state index contributed by atoms with van der Waals surface area (Å²) in [5.74, 6) is 0.245. The van der Waals surface area contributed by atoms with Gasteiger partial charge in [0.25, 0.3) is 0 Å². The van der Waals surface area contributed by atoms with Crippen molar-refractivity contribution >= 4 is 20.7 Å². The Kier molecular flexibility index (Phi) is 4.04. The van der Waals surface area contributed by atoms with Crippen LogP contribution < -0.4 is 5.32 Å². The molecule has 1 aromatic carbocycles. The van der Waals surface area contributed by atoms with Gasteiger partial charge in [-0.25, -0.2) is 8.42 Å². The lowest BCUT2D eigenvalue weighted by atomic mass is 10.2. The number of hydrogen-bond donors (Lipinski definition) is 1. The molecule has 0 saturated heterocycles. The molecular weight excluding hydrogens is 284 g/mol. The number of sulfone groups is 1. The molecule has 2 aromatic rings. The summed E-state index contributed by atoms with van der Waals surface area (Å²) < 4.78 is 24.7. The van der Waals surface area contributed by atoms with Gasteiger partial charge < -0.3 is 9.88 Å². The van der Waals surface area contributed by atoms with Crippen LogP contribution in [0, 0.1) is 0 Å². The van der Waals surface area contributed by atoms with Crippen molar-refractivity contribution in [1.29, 1.82) is 0 Å². The Labute approximate surface area is 126 Å². The zero-order chi connectivity index (χ0) is 14.9. The van der Waals surface area contributed by atoms with E-state index in [4.69, 9.17) is 0 Å². The van der Waals surface area contributed by atoms with E-state index in [-0.39, 0.29) is 5.75 Å². The molecule has 21 heavy (non-hydrogen) atoms. The molecule has 5 heteroatoms. The maximum Gasteiger partial charge on any atom is 0.147 e. The van der Waals surface area contributed by atoms with Gasteiger partial charge in [-0.05, 0) is 30.9 Å². The molecule has 1 saturated carbocycles. The van der Waals surface area contributed by atoms with Crippen molar-refractivity contribution < 1.29 is 8.42 Å². The van der Waals surface area contributed by atoms with Crippen molar-refractivity contribution in [3.63, 3.8) is 0 Å². The van der Waals surface area contributed by atoms with Crippen molar-refractivity contribution in [3.05, 3.63) is 36.0 Å². The number of hydrogen-bond acceptors (Lipinski definition) is 3. The van der Waals surface area contributed by atoms with E-state index in [9.17, 15) is 8.42 Å². The van der Waals surface area contributed by atoms with Crippen molar-refractivity contribution in [3.8, 4) is 0 Å². The molecule has 114 valence electrons. The molecule has 1 aliphatic rings. The van der Waals surface area contributed by atoms with Gasteiger partial charge in [0, 0.05) is 42.5 Å². The number of benzene rings is 1. The monoisotopic (exact) mass is 306 g/mol. The van der Waals surface area contributed by atoms with Crippen LogP contribution in [0.1, 0.15) is 24.8 Å². The zero-order valence-corrected chi connectivity index (χ0v) is 13.2. The first-order chi connectivity index (χ1) is 10.0. The predicted octanol–water partition coefficient (Wildman–Crippen LogP) is 2.33. The number of rotatable bonds is 7. The van der Waals surface area contributed by atoms with Crippen LogP contribution >= 0.6 is 0 Å². The van der Waals surface area contributed by atoms with Crippen molar-refractivity contribution in [2.75, 3.05) is 12.0 Å². The highest BCUT2D eigenvalue weighted by molar-refractivity contribution is 7.90. The molecule has 1 heterocycles. The van der Waals surface area contributed by atoms with Crippen LogP contribution in [0.5, 0.6) is 0 Å². The van der Waals surface area contributed by atoms with Gasteiger partial charge in [-0.2, -0.15) is 0 Å². The highest BCUT2D eigenvalue weighted by Crippen LogP contribution is 2.24. The van der Waals surface area contributed by atoms with Crippen LogP contribution in [0.25, 0.3) is 10.9 Å². The van der Waals surface area contributed by atoms with Crippen LogP contribution in [-0.4, -0.2) is 31.0 Å². The molecule has 1 aromatic heterocycles. The lowest BCUT2D eigenvalue weighted by Gasteiger charge is -2.04. The smallest absolute Gasteiger partial charge is 0.147 e. The summed E-state index contributed by atoms with van der Waals surface area (Å²) >= 11 is 0. The molecule has 0 amide bonds. The van der Waals surface area contributed by atoms with Gasteiger partial charge >= 0.3 is 0 Å². The third kappa shape index (κ3) is 3.86. The number of aromatic nitrogens is 1. The lowest BCUT2D eigenvalue weighted by Crippen LogP contribution is -2.15. The highest BCUT2D eigenvalue weighted by atomic mass is 32.2. The standard InChI is InChI=1S/C16H22N2O2S/c1-21(19,20)10-4-9-18-12-13(11-17-14-7-8-14)15-5-2-3-6-16(15)18/h2-3,5-6,12,14,17H,4,7-11H2,1H3. The van der Waals surface area contributed by atoms with E-state index in [1.54, 1.807) is 0 Å². The Bertz CT molecular complexity index is 730. The second kappa shape index (κ2) is 5.81. The summed E-state index contributed by atoms with van der Waals surface area (Å²) in [6, 6.07) is 9.04. The number of fused-ring (bicyclic) bond motifs is 1. The van der Waals surface area contributed by atoms with E-state index in [1.807, 2.05) is 6.07 Å². The molecule has 0 aliphatic heterocycles. The summed E-state index contributed by atoms with van der Waals surface area (Å²) in [5.41, 5.74) is 2.50. The van der Waals surface area contributed by atoms with Gasteiger partial charge in [-0.15, -0.1) is 0 Å². The van der Waals surface area contributed by atoms with E-state index in [1.165, 1.54) is 35.6 Å². The Morgan fingerprint density at radius 3 is 2.76 bits per heavy atom. The van der Waals surface area contributed by atoms with Crippen LogP contribution in [0.4, 0.5) is 0 Å². The maximum absolute atomic E-state index is 11.3. The Morgan fingerprint density at radius 1 is 1.29 bits per heavy atom. The molecule has 0 spiro atoms. The first kappa shape index (κ1) is 14.6. The second-order valence-corrected chi connectivity index (χ2v) is 8.26. The minimum absolute atomic E-state index is 0.245. The van der Waals surface area contributed by atoms with Crippen LogP contribution in [0.15, 0.2) is 30.5 Å². The largest absolute Gasteiger partial charge is 0.347 e. The fourth-order valence-corrected chi connectivity index (χ4v) is 3.34. The Morgan fingerprint density at radius 2 is 2.05 bits per heavy atom. The third-order valence-corrected chi connectivity index (χ3v) is 4.97. The van der Waals surface area contributed by atoms with E-state index < -0.39 is 9.84 Å². The summed E-state index contributed by atoms with van der Waals surface area (Å²) in [7, 11) is -2.88. The molecule has 0 atom stereocenters. The summed E-state index contributed by atoms with van der Waals surface area (Å²) in [6.07, 6.45) is 6.70. The molecular formula is C16H22N2O2S. The number of nitrogens with zero attached hydrogens (tertiary/aromatic N) is 1. The van der Waals surface area contributed by atoms with E-state index in [0.29, 0.717) is 12.5 Å². The van der Waals surface area contributed by atoms with Gasteiger partial charge in [0.1, 0.15) is 9.84 Å². The molecule has 0 bridgehead atoms. The zero-order valence-electron chi connectivity index (χ0n) is 12.4. The van der Waals surface area contributed by atoms with Gasteiger partial charge in [-0.1, -0.05) is 18.2 Å². The quantitative estimate of drug-likeness (QED) is 0.854. The topological polar surface area (TPSA) is 51.1 Å². The average molecular weight is 306 g/mol. The van der Waals surface area contributed by atoms with E-state index >= 15 is 0 Å². The normalized spacial score (nSPS) is 15.7. The van der Waals surface area contributed by atoms with Crippen LogP contribution in [0.3, 0.4) is 0 Å². The van der Waals surface area contributed by atoms with Crippen molar-refractivity contribution in [2.45, 2.75) is 38.4 Å². The molecule has 0 unspecified atom stereocenters. The fourth-order valence-electron chi connectivity index (χ4n) is 2.69. The average Bonchev–Trinajstić information content (AvgIpc) is 3.19. The molecule has 1 fully saturated rings. The predicted molar refractivity (Wildman–Crippen MR) is 86.1 cm³/mol. The minimum atomic E-state index is -2.88. The molecule has 1 N–H and O–H groups in total. The van der Waals surface area contributed by atoms with Crippen LogP contribution in [0.2, 0.25) is 0 Å². The van der Waals surface area contributed by atoms with Crippen molar-refractivity contribution in [2.24, 2.45) is 0 Å². The second-order valence-electron chi connectivity index (χ2n) is 6.00. The molecule has 4 nitrogen and oxygen atoms in total. The molecule has 1 aliphatic carbocycles. The fraction of sp³-hybridized carbons (Fsp3) is 0.500. The third-order valence-electron chi connectivity index (χ3n) is 3.94. The summed E-state index contributed by atoms with van der Waals surface area (Å²) in [5, 5.41) is 4.82. The highest BCUT2D eigenvalue weighted by Gasteiger charge is 2.20. The van der Waals surface area contributed by atoms with Gasteiger partial charge in [0.05, 0.1) is 5.75 Å². The first-order valence-electron chi connectivity index (χ1n) is 7.51. The summed E-state index contributed by atoms with van der Waals surface area (Å²) in [6.45, 7) is 1.64. The Hall–Kier alpha value is -1.33. The summed E-state index contributed by atoms with van der Waals surface area (Å²) in [4.78, 5) is 0. The first-order valence-corrected chi connectivity index (χ1v) is 9.57. The van der Waals surface area contributed by atoms with Crippen molar-refractivity contribution in [1.82, 2.24) is 9.88 Å².